The van der Waals surface area contributed by atoms with Crippen molar-refractivity contribution in [2.24, 2.45) is 0 Å². The van der Waals surface area contributed by atoms with Crippen LogP contribution in [0.25, 0.3) is 29.1 Å². The summed E-state index contributed by atoms with van der Waals surface area (Å²) >= 11 is 0. The normalized spacial score (nSPS) is 11.8. The quantitative estimate of drug-likeness (QED) is 0.109. The van der Waals surface area contributed by atoms with Crippen LogP contribution in [-0.2, 0) is 14.3 Å². The second-order valence-electron chi connectivity index (χ2n) is 7.91. The fourth-order valence-corrected chi connectivity index (χ4v) is 3.80. The summed E-state index contributed by atoms with van der Waals surface area (Å²) in [4.78, 5) is 15.3. The third-order valence-corrected chi connectivity index (χ3v) is 5.70. The number of benzene rings is 2. The zero-order valence-electron chi connectivity index (χ0n) is 19.1. The van der Waals surface area contributed by atoms with Crippen LogP contribution in [0.4, 0.5) is 5.69 Å². The number of hydrogen-bond donors (Lipinski definition) is 0. The molecule has 4 rings (SSSR count). The highest BCUT2D eigenvalue weighted by Crippen LogP contribution is 2.27. The number of aromatic nitrogens is 2. The summed E-state index contributed by atoms with van der Waals surface area (Å²) < 4.78 is 34.4. The Kier molecular flexibility index (Phi) is 6.94. The van der Waals surface area contributed by atoms with Crippen molar-refractivity contribution in [1.29, 1.82) is 0 Å². The average Bonchev–Trinajstić information content (AvgIpc) is 3.23. The van der Waals surface area contributed by atoms with Gasteiger partial charge in [0.15, 0.2) is 0 Å². The Morgan fingerprint density at radius 2 is 1.80 bits per heavy atom. The van der Waals surface area contributed by atoms with E-state index >= 15 is 0 Å². The molecule has 0 amide bonds. The van der Waals surface area contributed by atoms with E-state index < -0.39 is 15.0 Å². The molecule has 0 unspecified atom stereocenters. The van der Waals surface area contributed by atoms with Gasteiger partial charge in [0, 0.05) is 29.6 Å². The van der Waals surface area contributed by atoms with E-state index in [1.54, 1.807) is 12.1 Å². The number of rotatable bonds is 9. The van der Waals surface area contributed by atoms with Gasteiger partial charge in [0.25, 0.3) is 15.8 Å². The second-order valence-corrected chi connectivity index (χ2v) is 9.55. The number of imidazole rings is 1. The third kappa shape index (κ3) is 6.31. The molecule has 180 valence electrons. The van der Waals surface area contributed by atoms with E-state index in [1.165, 1.54) is 12.1 Å². The molecule has 0 saturated carbocycles. The molecule has 0 saturated heterocycles. The molecule has 0 radical (unpaired) electrons. The van der Waals surface area contributed by atoms with E-state index in [2.05, 4.69) is 9.17 Å². The first-order valence-corrected chi connectivity index (χ1v) is 12.5. The van der Waals surface area contributed by atoms with Crippen molar-refractivity contribution in [1.82, 2.24) is 9.38 Å². The highest BCUT2D eigenvalue weighted by atomic mass is 32.2. The Morgan fingerprint density at radius 3 is 2.51 bits per heavy atom. The zero-order chi connectivity index (χ0) is 25.0. The van der Waals surface area contributed by atoms with Crippen molar-refractivity contribution in [2.75, 3.05) is 19.5 Å². The minimum Gasteiger partial charge on any atom is -0.490 e. The lowest BCUT2D eigenvalue weighted by Crippen LogP contribution is -2.11. The average molecular weight is 494 g/mol. The molecule has 2 heterocycles. The molecule has 9 nitrogen and oxygen atoms in total. The van der Waals surface area contributed by atoms with Crippen LogP contribution in [0, 0.1) is 17.0 Å². The van der Waals surface area contributed by atoms with E-state index in [9.17, 15) is 18.5 Å². The first-order valence-electron chi connectivity index (χ1n) is 10.7. The van der Waals surface area contributed by atoms with E-state index in [0.29, 0.717) is 5.56 Å². The van der Waals surface area contributed by atoms with E-state index in [0.717, 1.165) is 34.3 Å². The summed E-state index contributed by atoms with van der Waals surface area (Å²) in [6.45, 7) is 1.75. The van der Waals surface area contributed by atoms with Crippen LogP contribution >= 0.6 is 0 Å². The smallest absolute Gasteiger partial charge is 0.273 e. The largest absolute Gasteiger partial charge is 0.490 e. The standard InChI is InChI=1S/C25H23N3O6S/c1-18-3-12-25-26-23(17-27(25)16-18)20-7-4-19(5-8-20)6-9-21-10-11-22(28(29)30)15-24(21)33-13-14-34-35(2,31)32/h3-12,15-17H,13-14H2,1-2H3/b9-6+. The Morgan fingerprint density at radius 1 is 1.03 bits per heavy atom. The topological polar surface area (TPSA) is 113 Å². The van der Waals surface area contributed by atoms with Crippen molar-refractivity contribution in [3.05, 3.63) is 93.8 Å². The molecule has 0 fully saturated rings. The fourth-order valence-electron chi connectivity index (χ4n) is 3.43. The van der Waals surface area contributed by atoms with E-state index in [-0.39, 0.29) is 24.7 Å². The van der Waals surface area contributed by atoms with Crippen LogP contribution in [0.1, 0.15) is 16.7 Å². The monoisotopic (exact) mass is 493 g/mol. The van der Waals surface area contributed by atoms with Gasteiger partial charge in [0.05, 0.1) is 22.9 Å². The van der Waals surface area contributed by atoms with Crippen LogP contribution in [-0.4, -0.2) is 42.2 Å². The number of nitro benzene ring substituents is 1. The predicted molar refractivity (Wildman–Crippen MR) is 134 cm³/mol. The first kappa shape index (κ1) is 24.1. The number of fused-ring (bicyclic) bond motifs is 1. The highest BCUT2D eigenvalue weighted by Gasteiger charge is 2.11. The number of pyridine rings is 1. The number of aryl methyl sites for hydroxylation is 1. The Hall–Kier alpha value is -4.02. The molecule has 35 heavy (non-hydrogen) atoms. The van der Waals surface area contributed by atoms with Crippen LogP contribution in [0.3, 0.4) is 0 Å². The molecule has 2 aromatic heterocycles. The number of ether oxygens (including phenoxy) is 1. The number of nitrogens with zero attached hydrogens (tertiary/aromatic N) is 3. The van der Waals surface area contributed by atoms with Crippen molar-refractivity contribution in [2.45, 2.75) is 6.92 Å². The van der Waals surface area contributed by atoms with Gasteiger partial charge in [0.1, 0.15) is 24.6 Å². The summed E-state index contributed by atoms with van der Waals surface area (Å²) in [6.07, 6.45) is 8.59. The molecule has 0 bridgehead atoms. The van der Waals surface area contributed by atoms with Gasteiger partial charge in [-0.15, -0.1) is 0 Å². The summed E-state index contributed by atoms with van der Waals surface area (Å²) in [5.41, 5.74) is 5.27. The lowest BCUT2D eigenvalue weighted by molar-refractivity contribution is -0.384. The molecular weight excluding hydrogens is 470 g/mol. The Bertz CT molecular complexity index is 1510. The summed E-state index contributed by atoms with van der Waals surface area (Å²) in [5, 5.41) is 11.1. The summed E-state index contributed by atoms with van der Waals surface area (Å²) in [7, 11) is -3.60. The van der Waals surface area contributed by atoms with Gasteiger partial charge < -0.3 is 9.14 Å². The van der Waals surface area contributed by atoms with Gasteiger partial charge in [-0.25, -0.2) is 4.98 Å². The highest BCUT2D eigenvalue weighted by molar-refractivity contribution is 7.85. The molecule has 0 aliphatic heterocycles. The lowest BCUT2D eigenvalue weighted by Gasteiger charge is -2.09. The molecule has 0 spiro atoms. The van der Waals surface area contributed by atoms with Gasteiger partial charge in [-0.05, 0) is 30.2 Å². The number of non-ortho nitro benzene ring substituents is 1. The molecule has 0 atom stereocenters. The Balaban J connectivity index is 1.51. The number of hydrogen-bond acceptors (Lipinski definition) is 7. The van der Waals surface area contributed by atoms with Crippen molar-refractivity contribution in [3.63, 3.8) is 0 Å². The van der Waals surface area contributed by atoms with Crippen molar-refractivity contribution in [3.8, 4) is 17.0 Å². The molecule has 4 aromatic rings. The minimum atomic E-state index is -3.60. The molecule has 0 aliphatic rings. The maximum atomic E-state index is 11.1. The second kappa shape index (κ2) is 10.1. The fraction of sp³-hybridized carbons (Fsp3) is 0.160. The molecule has 0 aliphatic carbocycles. The Labute approximate surface area is 202 Å². The van der Waals surface area contributed by atoms with E-state index in [1.807, 2.05) is 66.2 Å². The van der Waals surface area contributed by atoms with Gasteiger partial charge >= 0.3 is 0 Å². The van der Waals surface area contributed by atoms with Gasteiger partial charge in [-0.2, -0.15) is 8.42 Å². The molecule has 10 heteroatoms. The maximum Gasteiger partial charge on any atom is 0.273 e. The van der Waals surface area contributed by atoms with Gasteiger partial charge in [0.2, 0.25) is 0 Å². The minimum absolute atomic E-state index is 0.0810. The zero-order valence-corrected chi connectivity index (χ0v) is 19.9. The molecule has 2 aromatic carbocycles. The van der Waals surface area contributed by atoms with Crippen LogP contribution in [0.15, 0.2) is 67.0 Å². The van der Waals surface area contributed by atoms with Gasteiger partial charge in [-0.3, -0.25) is 14.3 Å². The van der Waals surface area contributed by atoms with Crippen molar-refractivity contribution >= 4 is 33.6 Å². The number of nitro groups is 1. The van der Waals surface area contributed by atoms with Crippen molar-refractivity contribution < 1.29 is 22.3 Å². The maximum absolute atomic E-state index is 11.1. The van der Waals surface area contributed by atoms with Gasteiger partial charge in [-0.1, -0.05) is 42.5 Å². The van der Waals surface area contributed by atoms with Crippen LogP contribution in [0.2, 0.25) is 0 Å². The lowest BCUT2D eigenvalue weighted by atomic mass is 10.1. The SMILES string of the molecule is Cc1ccc2nc(-c3ccc(/C=C/c4ccc([N+](=O)[O-])cc4OCCOS(C)(=O)=O)cc3)cn2c1. The summed E-state index contributed by atoms with van der Waals surface area (Å²) in [5.74, 6) is 0.254. The molecular formula is C25H23N3O6S. The molecule has 0 N–H and O–H groups in total. The summed E-state index contributed by atoms with van der Waals surface area (Å²) in [6, 6.07) is 16.1. The third-order valence-electron chi connectivity index (χ3n) is 5.11. The van der Waals surface area contributed by atoms with Crippen LogP contribution in [0.5, 0.6) is 5.75 Å². The predicted octanol–water partition coefficient (Wildman–Crippen LogP) is 4.74. The van der Waals surface area contributed by atoms with Crippen LogP contribution < -0.4 is 4.74 Å². The first-order chi connectivity index (χ1) is 16.7. The van der Waals surface area contributed by atoms with E-state index in [4.69, 9.17) is 4.74 Å².